The molecule has 156 valence electrons. The van der Waals surface area contributed by atoms with Crippen LogP contribution in [0.25, 0.3) is 0 Å². The molecule has 0 aliphatic carbocycles. The first-order chi connectivity index (χ1) is 13.4. The molecule has 1 heterocycles. The molecule has 9 heteroatoms. The summed E-state index contributed by atoms with van der Waals surface area (Å²) in [7, 11) is 0. The molecule has 0 saturated heterocycles. The van der Waals surface area contributed by atoms with Crippen LogP contribution in [0, 0.1) is 18.2 Å². The minimum Gasteiger partial charge on any atom is -0.448 e. The lowest BCUT2D eigenvalue weighted by molar-refractivity contribution is -0.124. The van der Waals surface area contributed by atoms with Crippen molar-refractivity contribution in [2.45, 2.75) is 40.7 Å². The molecule has 0 bridgehead atoms. The van der Waals surface area contributed by atoms with Crippen LogP contribution >= 0.6 is 22.9 Å². The smallest absolute Gasteiger partial charge is 0.349 e. The summed E-state index contributed by atoms with van der Waals surface area (Å²) < 4.78 is 18.3. The van der Waals surface area contributed by atoms with Gasteiger partial charge in [-0.1, -0.05) is 32.4 Å². The fourth-order valence-corrected chi connectivity index (χ4v) is 3.30. The van der Waals surface area contributed by atoms with Crippen LogP contribution < -0.4 is 10.6 Å². The van der Waals surface area contributed by atoms with Crippen LogP contribution in [0.2, 0.25) is 5.02 Å². The van der Waals surface area contributed by atoms with Gasteiger partial charge in [-0.05, 0) is 43.7 Å². The molecule has 0 aliphatic rings. The summed E-state index contributed by atoms with van der Waals surface area (Å²) in [6, 6.07) is 5.21. The average Bonchev–Trinajstić information content (AvgIpc) is 2.96. The molecule has 2 aromatic rings. The molecule has 29 heavy (non-hydrogen) atoms. The Bertz CT molecular complexity index is 952. The van der Waals surface area contributed by atoms with Gasteiger partial charge in [-0.25, -0.2) is 9.18 Å². The van der Waals surface area contributed by atoms with Gasteiger partial charge in [-0.15, -0.1) is 11.3 Å². The Balaban J connectivity index is 2.03. The summed E-state index contributed by atoms with van der Waals surface area (Å²) in [5.41, 5.74) is 0.256. The number of anilines is 2. The zero-order valence-corrected chi connectivity index (χ0v) is 18.3. The standard InChI is InChI=1S/C20H22ClFN2O4S/c1-10-8-15(24-19(27)20(3,4)5)29-16(10)18(26)28-11(2)17(25)23-14-7-6-12(22)9-13(14)21/h6-9,11H,1-5H3,(H,23,25)(H,24,27). The molecule has 1 unspecified atom stereocenters. The lowest BCUT2D eigenvalue weighted by Gasteiger charge is -2.16. The van der Waals surface area contributed by atoms with Crippen LogP contribution in [-0.2, 0) is 14.3 Å². The lowest BCUT2D eigenvalue weighted by atomic mass is 9.96. The molecule has 0 fully saturated rings. The maximum absolute atomic E-state index is 13.1. The molecule has 0 spiro atoms. The van der Waals surface area contributed by atoms with Crippen LogP contribution in [0.1, 0.15) is 42.9 Å². The zero-order valence-electron chi connectivity index (χ0n) is 16.7. The molecule has 2 rings (SSSR count). The Labute approximate surface area is 177 Å². The molecule has 2 N–H and O–H groups in total. The summed E-state index contributed by atoms with van der Waals surface area (Å²) in [6.45, 7) is 8.47. The van der Waals surface area contributed by atoms with Crippen LogP contribution in [0.4, 0.5) is 15.1 Å². The number of hydrogen-bond donors (Lipinski definition) is 2. The Morgan fingerprint density at radius 2 is 1.83 bits per heavy atom. The number of carbonyl (C=O) groups excluding carboxylic acids is 3. The van der Waals surface area contributed by atoms with E-state index in [0.29, 0.717) is 10.6 Å². The van der Waals surface area contributed by atoms with E-state index in [1.54, 1.807) is 33.8 Å². The minimum atomic E-state index is -1.11. The monoisotopic (exact) mass is 440 g/mol. The molecule has 2 amide bonds. The minimum absolute atomic E-state index is 0.0326. The van der Waals surface area contributed by atoms with Gasteiger partial charge in [0.2, 0.25) is 5.91 Å². The van der Waals surface area contributed by atoms with Gasteiger partial charge in [0.25, 0.3) is 5.91 Å². The van der Waals surface area contributed by atoms with Crippen molar-refractivity contribution >= 4 is 51.4 Å². The second-order valence-corrected chi connectivity index (χ2v) is 8.95. The summed E-state index contributed by atoms with van der Waals surface area (Å²) in [6.07, 6.45) is -1.11. The number of ether oxygens (including phenoxy) is 1. The highest BCUT2D eigenvalue weighted by molar-refractivity contribution is 7.18. The third kappa shape index (κ3) is 6.01. The third-order valence-electron chi connectivity index (χ3n) is 3.86. The summed E-state index contributed by atoms with van der Waals surface area (Å²) in [5, 5.41) is 5.80. The van der Waals surface area contributed by atoms with Crippen molar-refractivity contribution in [2.75, 3.05) is 10.6 Å². The van der Waals surface area contributed by atoms with Gasteiger partial charge in [-0.2, -0.15) is 0 Å². The maximum Gasteiger partial charge on any atom is 0.349 e. The van der Waals surface area contributed by atoms with E-state index in [1.165, 1.54) is 13.0 Å². The molecule has 1 atom stereocenters. The maximum atomic E-state index is 13.1. The van der Waals surface area contributed by atoms with Gasteiger partial charge in [0, 0.05) is 5.41 Å². The number of thiophene rings is 1. The first-order valence-corrected chi connectivity index (χ1v) is 9.96. The highest BCUT2D eigenvalue weighted by Gasteiger charge is 2.25. The van der Waals surface area contributed by atoms with Crippen LogP contribution in [0.3, 0.4) is 0 Å². The SMILES string of the molecule is Cc1cc(NC(=O)C(C)(C)C)sc1C(=O)OC(C)C(=O)Nc1ccc(F)cc1Cl. The quantitative estimate of drug-likeness (QED) is 0.639. The van der Waals surface area contributed by atoms with Gasteiger partial charge < -0.3 is 15.4 Å². The molecular formula is C20H22ClFN2O4S. The van der Waals surface area contributed by atoms with Crippen molar-refractivity contribution in [3.05, 3.63) is 45.5 Å². The van der Waals surface area contributed by atoms with Crippen molar-refractivity contribution in [2.24, 2.45) is 5.41 Å². The first kappa shape index (κ1) is 22.8. The molecule has 0 saturated carbocycles. The highest BCUT2D eigenvalue weighted by Crippen LogP contribution is 2.29. The van der Waals surface area contributed by atoms with Crippen molar-refractivity contribution in [1.29, 1.82) is 0 Å². The van der Waals surface area contributed by atoms with Gasteiger partial charge >= 0.3 is 5.97 Å². The van der Waals surface area contributed by atoms with E-state index in [0.717, 1.165) is 23.5 Å². The predicted octanol–water partition coefficient (Wildman–Crippen LogP) is 5.02. The molecular weight excluding hydrogens is 419 g/mol. The Kier molecular flexibility index (Phi) is 7.02. The number of hydrogen-bond acceptors (Lipinski definition) is 5. The molecule has 6 nitrogen and oxygen atoms in total. The number of benzene rings is 1. The van der Waals surface area contributed by atoms with Gasteiger partial charge in [-0.3, -0.25) is 9.59 Å². The first-order valence-electron chi connectivity index (χ1n) is 8.77. The van der Waals surface area contributed by atoms with E-state index in [-0.39, 0.29) is 21.5 Å². The molecule has 1 aromatic carbocycles. The van der Waals surface area contributed by atoms with Crippen molar-refractivity contribution in [3.8, 4) is 0 Å². The molecule has 0 aliphatic heterocycles. The van der Waals surface area contributed by atoms with E-state index in [2.05, 4.69) is 10.6 Å². The summed E-state index contributed by atoms with van der Waals surface area (Å²) in [5.74, 6) is -2.00. The van der Waals surface area contributed by atoms with Gasteiger partial charge in [0.15, 0.2) is 6.10 Å². The lowest BCUT2D eigenvalue weighted by Crippen LogP contribution is -2.30. The Morgan fingerprint density at radius 1 is 1.17 bits per heavy atom. The fraction of sp³-hybridized carbons (Fsp3) is 0.350. The van der Waals surface area contributed by atoms with E-state index in [4.69, 9.17) is 16.3 Å². The van der Waals surface area contributed by atoms with Gasteiger partial charge in [0.05, 0.1) is 15.7 Å². The zero-order chi connectivity index (χ0) is 21.9. The second kappa shape index (κ2) is 8.92. The van der Waals surface area contributed by atoms with Crippen molar-refractivity contribution in [1.82, 2.24) is 0 Å². The number of esters is 1. The van der Waals surface area contributed by atoms with Crippen LogP contribution in [0.5, 0.6) is 0 Å². The van der Waals surface area contributed by atoms with E-state index in [9.17, 15) is 18.8 Å². The largest absolute Gasteiger partial charge is 0.448 e. The van der Waals surface area contributed by atoms with E-state index in [1.807, 2.05) is 0 Å². The van der Waals surface area contributed by atoms with Crippen molar-refractivity contribution < 1.29 is 23.5 Å². The molecule has 0 radical (unpaired) electrons. The van der Waals surface area contributed by atoms with E-state index < -0.39 is 29.2 Å². The third-order valence-corrected chi connectivity index (χ3v) is 5.31. The van der Waals surface area contributed by atoms with Crippen LogP contribution in [0.15, 0.2) is 24.3 Å². The topological polar surface area (TPSA) is 84.5 Å². The Hall–Kier alpha value is -2.45. The Morgan fingerprint density at radius 3 is 2.41 bits per heavy atom. The average molecular weight is 441 g/mol. The van der Waals surface area contributed by atoms with E-state index >= 15 is 0 Å². The number of amides is 2. The summed E-state index contributed by atoms with van der Waals surface area (Å²) in [4.78, 5) is 37.1. The number of halogens is 2. The van der Waals surface area contributed by atoms with Crippen molar-refractivity contribution in [3.63, 3.8) is 0 Å². The summed E-state index contributed by atoms with van der Waals surface area (Å²) >= 11 is 6.95. The fourth-order valence-electron chi connectivity index (χ4n) is 2.14. The van der Waals surface area contributed by atoms with Gasteiger partial charge in [0.1, 0.15) is 10.7 Å². The second-order valence-electron chi connectivity index (χ2n) is 7.49. The predicted molar refractivity (Wildman–Crippen MR) is 112 cm³/mol. The number of nitrogens with one attached hydrogen (secondary N) is 2. The number of aryl methyl sites for hydroxylation is 1. The number of carbonyl (C=O) groups is 3. The normalized spacial score (nSPS) is 12.2. The van der Waals surface area contributed by atoms with Crippen LogP contribution in [-0.4, -0.2) is 23.9 Å². The number of rotatable bonds is 5. The molecule has 1 aromatic heterocycles. The highest BCUT2D eigenvalue weighted by atomic mass is 35.5.